The van der Waals surface area contributed by atoms with Crippen LogP contribution in [0.3, 0.4) is 0 Å². The highest BCUT2D eigenvalue weighted by atomic mass is 35.5. The Hall–Kier alpha value is -0.620. The number of nitrogens with two attached hydrogens (primary N) is 1. The Morgan fingerprint density at radius 2 is 2.12 bits per heavy atom. The van der Waals surface area contributed by atoms with Gasteiger partial charge in [0.2, 0.25) is 0 Å². The second-order valence-electron chi connectivity index (χ2n) is 3.50. The molecule has 0 radical (unpaired) electrons. The summed E-state index contributed by atoms with van der Waals surface area (Å²) in [6, 6.07) is 7.76. The van der Waals surface area contributed by atoms with Crippen LogP contribution in [-0.2, 0) is 0 Å². The van der Waals surface area contributed by atoms with Crippen LogP contribution < -0.4 is 5.73 Å². The highest BCUT2D eigenvalue weighted by Gasteiger charge is 2.13. The van der Waals surface area contributed by atoms with Crippen molar-refractivity contribution in [3.63, 3.8) is 0 Å². The van der Waals surface area contributed by atoms with Crippen LogP contribution in [0.15, 0.2) is 28.6 Å². The third-order valence-electron chi connectivity index (χ3n) is 2.21. The minimum Gasteiger partial charge on any atom is -0.329 e. The maximum atomic E-state index is 5.86. The van der Waals surface area contributed by atoms with Crippen LogP contribution in [0.5, 0.6) is 0 Å². The van der Waals surface area contributed by atoms with Gasteiger partial charge in [-0.15, -0.1) is 0 Å². The zero-order chi connectivity index (χ0) is 12.3. The van der Waals surface area contributed by atoms with Crippen molar-refractivity contribution in [2.24, 2.45) is 5.73 Å². The summed E-state index contributed by atoms with van der Waals surface area (Å²) < 4.78 is 5.11. The van der Waals surface area contributed by atoms with E-state index >= 15 is 0 Å². The molecule has 90 valence electrons. The van der Waals surface area contributed by atoms with Gasteiger partial charge in [-0.2, -0.15) is 4.37 Å². The topological polar surface area (TPSA) is 51.8 Å². The Morgan fingerprint density at radius 3 is 2.65 bits per heavy atom. The Morgan fingerprint density at radius 1 is 1.41 bits per heavy atom. The first kappa shape index (κ1) is 12.8. The number of benzene rings is 1. The Labute approximate surface area is 114 Å². The molecule has 0 amide bonds. The molecule has 0 saturated carbocycles. The summed E-state index contributed by atoms with van der Waals surface area (Å²) in [5.74, 6) is 0.810. The molecule has 1 atom stereocenters. The maximum absolute atomic E-state index is 5.86. The summed E-state index contributed by atoms with van der Waals surface area (Å²) >= 11 is 8.92. The van der Waals surface area contributed by atoms with Crippen LogP contribution in [0.4, 0.5) is 0 Å². The minimum absolute atomic E-state index is 0.194. The van der Waals surface area contributed by atoms with Crippen molar-refractivity contribution in [1.82, 2.24) is 9.36 Å². The number of rotatable bonds is 4. The summed E-state index contributed by atoms with van der Waals surface area (Å²) in [6.45, 7) is 2.45. The van der Waals surface area contributed by atoms with Crippen molar-refractivity contribution in [2.45, 2.75) is 16.5 Å². The molecule has 1 aromatic heterocycles. The van der Waals surface area contributed by atoms with Crippen molar-refractivity contribution in [1.29, 1.82) is 0 Å². The first-order valence-electron chi connectivity index (χ1n) is 5.11. The lowest BCUT2D eigenvalue weighted by atomic mass is 10.1. The fourth-order valence-corrected chi connectivity index (χ4v) is 3.38. The number of thioether (sulfide) groups is 1. The van der Waals surface area contributed by atoms with Crippen LogP contribution in [0, 0.1) is 6.92 Å². The molecule has 3 nitrogen and oxygen atoms in total. The van der Waals surface area contributed by atoms with E-state index in [1.54, 1.807) is 11.8 Å². The fourth-order valence-electron chi connectivity index (χ4n) is 1.38. The van der Waals surface area contributed by atoms with Crippen molar-refractivity contribution >= 4 is 34.9 Å². The number of aromatic nitrogens is 2. The highest BCUT2D eigenvalue weighted by Crippen LogP contribution is 2.35. The number of aryl methyl sites for hydroxylation is 1. The first-order chi connectivity index (χ1) is 8.19. The van der Waals surface area contributed by atoms with Crippen LogP contribution in [0.1, 0.15) is 16.6 Å². The number of hydrogen-bond acceptors (Lipinski definition) is 5. The van der Waals surface area contributed by atoms with Crippen LogP contribution in [0.2, 0.25) is 5.02 Å². The fraction of sp³-hybridized carbons (Fsp3) is 0.273. The summed E-state index contributed by atoms with van der Waals surface area (Å²) in [5.41, 5.74) is 6.96. The first-order valence-corrected chi connectivity index (χ1v) is 7.14. The molecule has 2 rings (SSSR count). The molecule has 0 fully saturated rings. The van der Waals surface area contributed by atoms with Crippen LogP contribution in [-0.4, -0.2) is 15.9 Å². The average molecular weight is 286 g/mol. The number of hydrogen-bond donors (Lipinski definition) is 1. The molecular weight excluding hydrogens is 274 g/mol. The van der Waals surface area contributed by atoms with Gasteiger partial charge in [0.1, 0.15) is 5.82 Å². The van der Waals surface area contributed by atoms with E-state index in [-0.39, 0.29) is 5.25 Å². The highest BCUT2D eigenvalue weighted by molar-refractivity contribution is 8.01. The Bertz CT molecular complexity index is 484. The molecular formula is C11H12ClN3S2. The average Bonchev–Trinajstić information content (AvgIpc) is 2.73. The van der Waals surface area contributed by atoms with Crippen molar-refractivity contribution in [2.75, 3.05) is 6.54 Å². The second kappa shape index (κ2) is 5.82. The van der Waals surface area contributed by atoms with E-state index < -0.39 is 0 Å². The van der Waals surface area contributed by atoms with Gasteiger partial charge < -0.3 is 5.73 Å². The molecule has 0 spiro atoms. The Balaban J connectivity index is 2.13. The van der Waals surface area contributed by atoms with Gasteiger partial charge in [-0.25, -0.2) is 4.98 Å². The Kier molecular flexibility index (Phi) is 4.39. The zero-order valence-corrected chi connectivity index (χ0v) is 11.6. The molecule has 0 aliphatic carbocycles. The number of halogens is 1. The summed E-state index contributed by atoms with van der Waals surface area (Å²) in [7, 11) is 0. The molecule has 6 heteroatoms. The normalized spacial score (nSPS) is 12.6. The molecule has 1 unspecified atom stereocenters. The van der Waals surface area contributed by atoms with E-state index in [0.29, 0.717) is 6.54 Å². The second-order valence-corrected chi connectivity index (χ2v) is 6.14. The summed E-state index contributed by atoms with van der Waals surface area (Å²) in [4.78, 5) is 4.33. The lowest BCUT2D eigenvalue weighted by Gasteiger charge is -2.12. The van der Waals surface area contributed by atoms with E-state index in [9.17, 15) is 0 Å². The minimum atomic E-state index is 0.194. The smallest absolute Gasteiger partial charge is 0.170 e. The number of nitrogens with zero attached hydrogens (tertiary/aromatic N) is 2. The third kappa shape index (κ3) is 3.42. The lowest BCUT2D eigenvalue weighted by Crippen LogP contribution is -2.09. The van der Waals surface area contributed by atoms with E-state index in [4.69, 9.17) is 17.3 Å². The summed E-state index contributed by atoms with van der Waals surface area (Å²) in [6.07, 6.45) is 0. The predicted octanol–water partition coefficient (Wildman–Crippen LogP) is 3.29. The van der Waals surface area contributed by atoms with Gasteiger partial charge in [0, 0.05) is 16.8 Å². The molecule has 1 heterocycles. The summed E-state index contributed by atoms with van der Waals surface area (Å²) in [5, 5.41) is 0.931. The quantitative estimate of drug-likeness (QED) is 0.876. The molecule has 0 aliphatic heterocycles. The molecule has 2 N–H and O–H groups in total. The van der Waals surface area contributed by atoms with Crippen molar-refractivity contribution in [3.8, 4) is 0 Å². The van der Waals surface area contributed by atoms with E-state index in [2.05, 4.69) is 9.36 Å². The molecule has 17 heavy (non-hydrogen) atoms. The molecule has 0 aliphatic rings. The van der Waals surface area contributed by atoms with E-state index in [0.717, 1.165) is 20.8 Å². The van der Waals surface area contributed by atoms with Gasteiger partial charge in [0.25, 0.3) is 0 Å². The van der Waals surface area contributed by atoms with E-state index in [1.165, 1.54) is 11.5 Å². The van der Waals surface area contributed by atoms with Crippen LogP contribution in [0.25, 0.3) is 0 Å². The maximum Gasteiger partial charge on any atom is 0.170 e. The van der Waals surface area contributed by atoms with E-state index in [1.807, 2.05) is 31.2 Å². The van der Waals surface area contributed by atoms with Gasteiger partial charge in [0.05, 0.1) is 0 Å². The largest absolute Gasteiger partial charge is 0.329 e. The SMILES string of the molecule is Cc1nsc(SC(CN)c2ccc(Cl)cc2)n1. The van der Waals surface area contributed by atoms with Gasteiger partial charge in [-0.1, -0.05) is 35.5 Å². The molecule has 2 aromatic rings. The van der Waals surface area contributed by atoms with Gasteiger partial charge in [-0.3, -0.25) is 0 Å². The van der Waals surface area contributed by atoms with Gasteiger partial charge >= 0.3 is 0 Å². The van der Waals surface area contributed by atoms with Crippen molar-refractivity contribution < 1.29 is 0 Å². The predicted molar refractivity (Wildman–Crippen MR) is 73.8 cm³/mol. The lowest BCUT2D eigenvalue weighted by molar-refractivity contribution is 0.938. The monoisotopic (exact) mass is 285 g/mol. The van der Waals surface area contributed by atoms with Gasteiger partial charge in [-0.05, 0) is 36.2 Å². The molecule has 1 aromatic carbocycles. The third-order valence-corrected chi connectivity index (χ3v) is 4.62. The van der Waals surface area contributed by atoms with Crippen LogP contribution >= 0.6 is 34.9 Å². The van der Waals surface area contributed by atoms with Gasteiger partial charge in [0.15, 0.2) is 4.34 Å². The molecule has 0 bridgehead atoms. The van der Waals surface area contributed by atoms with Crippen molar-refractivity contribution in [3.05, 3.63) is 40.7 Å². The standard InChI is InChI=1S/C11H12ClN3S2/c1-7-14-11(17-15-7)16-10(6-13)8-2-4-9(12)5-3-8/h2-5,10H,6,13H2,1H3. The molecule has 0 saturated heterocycles. The zero-order valence-electron chi connectivity index (χ0n) is 9.26.